The van der Waals surface area contributed by atoms with E-state index in [1.54, 1.807) is 0 Å². The van der Waals surface area contributed by atoms with Crippen LogP contribution in [0.15, 0.2) is 0 Å². The maximum Gasteiger partial charge on any atom is 2.00 e. The molecule has 8 nitrogen and oxygen atoms in total. The minimum atomic E-state index is -4.92. The maximum atomic E-state index is 8.63. The van der Waals surface area contributed by atoms with Crippen LogP contribution in [0.1, 0.15) is 0 Å². The fraction of sp³-hybridized carbons (Fsp3) is 0. The molecule has 5 N–H and O–H groups in total. The van der Waals surface area contributed by atoms with Crippen molar-refractivity contribution in [1.29, 1.82) is 0 Å². The van der Waals surface area contributed by atoms with Crippen molar-refractivity contribution >= 4 is 54.3 Å². The zero-order chi connectivity index (χ0) is 8.08. The van der Waals surface area contributed by atoms with Crippen molar-refractivity contribution in [3.63, 3.8) is 0 Å². The minimum absolute atomic E-state index is 0. The molecule has 0 aliphatic rings. The first-order valence-corrected chi connectivity index (χ1v) is 2.68. The van der Waals surface area contributed by atoms with Gasteiger partial charge in [-0.05, 0) is 0 Å². The van der Waals surface area contributed by atoms with E-state index in [0.29, 0.717) is 0 Å². The van der Waals surface area contributed by atoms with Gasteiger partial charge in [-0.15, -0.1) is 0 Å². The molecule has 0 heterocycles. The summed E-state index contributed by atoms with van der Waals surface area (Å²) in [6.07, 6.45) is -2.08. The van der Waals surface area contributed by atoms with E-state index >= 15 is 0 Å². The second-order valence-corrected chi connectivity index (χ2v) is 1.55. The summed E-state index contributed by atoms with van der Waals surface area (Å²) < 4.78 is 32.8. The third kappa shape index (κ3) is 5590. The summed E-state index contributed by atoms with van der Waals surface area (Å²) in [5.74, 6) is 0. The molecule has 0 saturated carbocycles. The van der Waals surface area contributed by atoms with Crippen LogP contribution in [0.4, 0.5) is 4.79 Å². The Balaban J connectivity index is -0.0000000383. The first-order chi connectivity index (χ1) is 3.73. The molecule has 0 rings (SSSR count). The Hall–Kier alpha value is 0.360. The van der Waals surface area contributed by atoms with Crippen molar-refractivity contribution in [2.45, 2.75) is 0 Å². The van der Waals surface area contributed by atoms with Gasteiger partial charge in [0, 0.05) is 0 Å². The average molecular weight is 215 g/mol. The van der Waals surface area contributed by atoms with Crippen LogP contribution >= 0.6 is 0 Å². The number of hydrogen-bond donors (Lipinski definition) is 3. The van der Waals surface area contributed by atoms with Gasteiger partial charge in [-0.2, -0.15) is 0 Å². The van der Waals surface area contributed by atoms with Crippen molar-refractivity contribution in [2.24, 2.45) is 0 Å². The van der Waals surface area contributed by atoms with Gasteiger partial charge in [-0.3, -0.25) is 4.55 Å². The van der Waals surface area contributed by atoms with Crippen LogP contribution in [0.3, 0.4) is 0 Å². The molecule has 0 saturated heterocycles. The molecule has 0 aromatic heterocycles. The summed E-state index contributed by atoms with van der Waals surface area (Å²) in [6.45, 7) is 0. The quantitative estimate of drug-likeness (QED) is 0.229. The van der Waals surface area contributed by atoms with Gasteiger partial charge in [0.15, 0.2) is 0 Å². The van der Waals surface area contributed by atoms with E-state index in [1.165, 1.54) is 0 Å². The third-order valence-electron chi connectivity index (χ3n) is 0. The fourth-order valence-electron chi connectivity index (χ4n) is 0. The van der Waals surface area contributed by atoms with Crippen molar-refractivity contribution in [3.8, 4) is 0 Å². The van der Waals surface area contributed by atoms with E-state index < -0.39 is 16.6 Å². The molecule has 11 heavy (non-hydrogen) atoms. The van der Waals surface area contributed by atoms with Gasteiger partial charge in [0.2, 0.25) is 16.6 Å². The van der Waals surface area contributed by atoms with E-state index in [2.05, 4.69) is 0 Å². The predicted octanol–water partition coefficient (Wildman–Crippen LogP) is -2.33. The molecule has 0 bridgehead atoms. The first-order valence-electron chi connectivity index (χ1n) is 1.31. The van der Waals surface area contributed by atoms with E-state index in [4.69, 9.17) is 32.5 Å². The molecule has 0 aromatic rings. The molecule has 64 valence electrons. The summed E-state index contributed by atoms with van der Waals surface area (Å²) in [7, 11) is -4.92. The zero-order valence-electron chi connectivity index (χ0n) is 5.26. The second kappa shape index (κ2) is 10.4. The monoisotopic (exact) mass is 215 g/mol. The van der Waals surface area contributed by atoms with Gasteiger partial charge in [0.1, 0.15) is 0 Å². The normalized spacial score (nSPS) is 7.45. The predicted molar refractivity (Wildman–Crippen MR) is 31.1 cm³/mol. The summed E-state index contributed by atoms with van der Waals surface area (Å²) in [4.78, 5) is 8.44. The van der Waals surface area contributed by atoms with E-state index in [-0.39, 0.29) is 43.9 Å². The summed E-state index contributed by atoms with van der Waals surface area (Å²) >= 11 is 0. The first kappa shape index (κ1) is 22.5. The number of carboxylic acid groups (broad SMARTS) is 2. The van der Waals surface area contributed by atoms with Crippen LogP contribution in [0.2, 0.25) is 0 Å². The molecular weight excluding hydrogens is 210 g/mol. The van der Waals surface area contributed by atoms with E-state index in [1.807, 2.05) is 0 Å². The molecule has 0 atom stereocenters. The average Bonchev–Trinajstić information content (AvgIpc) is 1.19. The molecule has 0 unspecified atom stereocenters. The van der Waals surface area contributed by atoms with Gasteiger partial charge in [0.25, 0.3) is 0 Å². The standard InChI is InChI=1S/CH2O3.Ca.H3N.H2O4S/c2-1(3)4;;;1-5(2,3)4/h(H2,2,3,4);;1H3;(H2,1,2,3,4)/q;+2;;/p-2. The van der Waals surface area contributed by atoms with Crippen molar-refractivity contribution < 1.29 is 32.5 Å². The van der Waals surface area contributed by atoms with Gasteiger partial charge in [-0.1, -0.05) is 0 Å². The van der Waals surface area contributed by atoms with Crippen LogP contribution in [0.5, 0.6) is 0 Å². The molecule has 0 aliphatic heterocycles. The smallest absolute Gasteiger partial charge is 0.726 e. The molecular formula is CH5CaNO7S. The Morgan fingerprint density at radius 1 is 1.36 bits per heavy atom. The summed E-state index contributed by atoms with van der Waals surface area (Å²) in [5, 5.41) is 15.3. The van der Waals surface area contributed by atoms with Gasteiger partial charge >= 0.3 is 37.7 Å². The fourth-order valence-corrected chi connectivity index (χ4v) is 0. The molecule has 0 amide bonds. The molecule has 10 heteroatoms. The number of hydrogen-bond acceptors (Lipinski definition) is 6. The Labute approximate surface area is 92.4 Å². The van der Waals surface area contributed by atoms with Crippen LogP contribution in [0.25, 0.3) is 0 Å². The van der Waals surface area contributed by atoms with Crippen molar-refractivity contribution in [1.82, 2.24) is 6.15 Å². The van der Waals surface area contributed by atoms with Crippen LogP contribution in [-0.2, 0) is 10.4 Å². The van der Waals surface area contributed by atoms with Gasteiger partial charge in [0.05, 0.1) is 0 Å². The molecule has 0 fully saturated rings. The zero-order valence-corrected chi connectivity index (χ0v) is 8.28. The van der Waals surface area contributed by atoms with Crippen LogP contribution in [-0.4, -0.2) is 66.5 Å². The van der Waals surface area contributed by atoms with Crippen molar-refractivity contribution in [3.05, 3.63) is 0 Å². The molecule has 0 radical (unpaired) electrons. The minimum Gasteiger partial charge on any atom is -0.726 e. The Kier molecular flexibility index (Phi) is 21.2. The van der Waals surface area contributed by atoms with Crippen LogP contribution in [0, 0.1) is 0 Å². The number of rotatable bonds is 0. The van der Waals surface area contributed by atoms with E-state index in [0.717, 1.165) is 0 Å². The molecule has 0 aliphatic carbocycles. The van der Waals surface area contributed by atoms with Gasteiger partial charge < -0.3 is 25.7 Å². The Bertz CT molecular complexity index is 161. The summed E-state index contributed by atoms with van der Waals surface area (Å²) in [5.41, 5.74) is 0. The molecule has 0 aromatic carbocycles. The largest absolute Gasteiger partial charge is 2.00 e. The second-order valence-electron chi connectivity index (χ2n) is 0.694. The van der Waals surface area contributed by atoms with Gasteiger partial charge in [-0.25, -0.2) is 8.42 Å². The van der Waals surface area contributed by atoms with Crippen LogP contribution < -0.4 is 11.3 Å². The maximum absolute atomic E-state index is 8.63. The summed E-state index contributed by atoms with van der Waals surface area (Å²) in [6, 6.07) is 0. The Morgan fingerprint density at radius 3 is 1.36 bits per heavy atom. The topological polar surface area (TPSA) is 173 Å². The Morgan fingerprint density at radius 2 is 1.36 bits per heavy atom. The SMILES string of the molecule is N.O=C([O-])O.O=S(=O)([O-])O.[Ca+2]. The van der Waals surface area contributed by atoms with Crippen molar-refractivity contribution in [2.75, 3.05) is 0 Å². The number of carbonyl (C=O) groups is 1. The molecule has 0 spiro atoms. The van der Waals surface area contributed by atoms with E-state index in [9.17, 15) is 0 Å². The third-order valence-corrected chi connectivity index (χ3v) is 0.